The van der Waals surface area contributed by atoms with Crippen LogP contribution in [0.5, 0.6) is 0 Å². The smallest absolute Gasteiger partial charge is 0.0775 e. The first-order valence-electron chi connectivity index (χ1n) is 11.7. The van der Waals surface area contributed by atoms with Crippen LogP contribution in [0, 0.1) is 0 Å². The number of hydrogen-bond donors (Lipinski definition) is 0. The van der Waals surface area contributed by atoms with E-state index in [1.807, 2.05) is 11.3 Å². The van der Waals surface area contributed by atoms with E-state index < -0.39 is 8.07 Å². The van der Waals surface area contributed by atoms with Gasteiger partial charge in [-0.05, 0) is 42.5 Å². The normalized spacial score (nSPS) is 15.6. The average Bonchev–Trinajstić information content (AvgIpc) is 3.18. The average molecular weight is 444 g/mol. The molecule has 0 atom stereocenters. The second-order valence-corrected chi connectivity index (χ2v) is 16.3. The number of hydrogen-bond acceptors (Lipinski definition) is 2. The van der Waals surface area contributed by atoms with Crippen LogP contribution in [-0.4, -0.2) is 15.1 Å². The number of thiophene rings is 1. The van der Waals surface area contributed by atoms with E-state index in [2.05, 4.69) is 92.3 Å². The lowest BCUT2D eigenvalue weighted by Gasteiger charge is -2.22. The molecule has 5 rings (SSSR count). The minimum atomic E-state index is -1.28. The molecule has 1 nitrogen and oxygen atoms in total. The van der Waals surface area contributed by atoms with Crippen LogP contribution >= 0.6 is 11.3 Å². The molecule has 0 bridgehead atoms. The molecule has 0 N–H and O–H groups in total. The van der Waals surface area contributed by atoms with Crippen molar-refractivity contribution in [2.75, 3.05) is 11.9 Å². The topological polar surface area (TPSA) is 3.24 Å². The van der Waals surface area contributed by atoms with Gasteiger partial charge in [-0.2, -0.15) is 0 Å². The summed E-state index contributed by atoms with van der Waals surface area (Å²) in [6.07, 6.45) is 6.87. The summed E-state index contributed by atoms with van der Waals surface area (Å²) < 4.78 is 2.93. The Hall–Kier alpha value is -2.10. The van der Waals surface area contributed by atoms with Gasteiger partial charge in [-0.1, -0.05) is 86.6 Å². The zero-order valence-electron chi connectivity index (χ0n) is 19.2. The zero-order chi connectivity index (χ0) is 21.6. The molecular weight excluding hydrogens is 410 g/mol. The van der Waals surface area contributed by atoms with Crippen molar-refractivity contribution in [1.82, 2.24) is 0 Å². The molecule has 3 aromatic carbocycles. The molecule has 1 heterocycles. The summed E-state index contributed by atoms with van der Waals surface area (Å²) in [5, 5.41) is 4.36. The summed E-state index contributed by atoms with van der Waals surface area (Å²) in [5.41, 5.74) is 4.17. The third-order valence-corrected chi connectivity index (χ3v) is 10.4. The van der Waals surface area contributed by atoms with Crippen molar-refractivity contribution in [3.05, 3.63) is 66.2 Å². The lowest BCUT2D eigenvalue weighted by Crippen LogP contribution is -2.37. The molecule has 0 amide bonds. The van der Waals surface area contributed by atoms with E-state index in [1.165, 1.54) is 68.8 Å². The SMILES string of the molecule is CN(c1ccc([Si](C)(C)C)cc1)c1cccc2c1sc1c(C3CCCCC3)cccc12. The standard InChI is InChI=1S/C28H33NSSi/c1-29(21-16-18-22(19-17-21)31(2,3)4)26-15-9-14-25-24-13-8-12-23(27(24)30-28(25)26)20-10-6-5-7-11-20/h8-9,12-20H,5-7,10-11H2,1-4H3. The highest BCUT2D eigenvalue weighted by atomic mass is 32.1. The molecular formula is C28H33NSSi. The zero-order valence-corrected chi connectivity index (χ0v) is 21.1. The van der Waals surface area contributed by atoms with Gasteiger partial charge >= 0.3 is 0 Å². The summed E-state index contributed by atoms with van der Waals surface area (Å²) in [7, 11) is 0.937. The lowest BCUT2D eigenvalue weighted by molar-refractivity contribution is 0.446. The third-order valence-electron chi connectivity index (χ3n) is 7.06. The molecule has 0 saturated heterocycles. The van der Waals surface area contributed by atoms with E-state index in [9.17, 15) is 0 Å². The van der Waals surface area contributed by atoms with Gasteiger partial charge < -0.3 is 4.90 Å². The van der Waals surface area contributed by atoms with E-state index in [0.717, 1.165) is 5.92 Å². The second kappa shape index (κ2) is 8.11. The van der Waals surface area contributed by atoms with E-state index in [4.69, 9.17) is 0 Å². The fourth-order valence-corrected chi connectivity index (χ4v) is 7.76. The Balaban J connectivity index is 1.59. The number of rotatable bonds is 4. The van der Waals surface area contributed by atoms with Crippen molar-refractivity contribution in [3.8, 4) is 0 Å². The van der Waals surface area contributed by atoms with E-state index in [-0.39, 0.29) is 0 Å². The van der Waals surface area contributed by atoms with Gasteiger partial charge in [0.05, 0.1) is 18.5 Å². The van der Waals surface area contributed by atoms with Gasteiger partial charge in [0.1, 0.15) is 0 Å². The Morgan fingerprint density at radius 3 is 2.10 bits per heavy atom. The van der Waals surface area contributed by atoms with Gasteiger partial charge in [0.15, 0.2) is 0 Å². The van der Waals surface area contributed by atoms with Crippen molar-refractivity contribution in [2.24, 2.45) is 0 Å². The Morgan fingerprint density at radius 1 is 0.774 bits per heavy atom. The van der Waals surface area contributed by atoms with Crippen molar-refractivity contribution in [3.63, 3.8) is 0 Å². The Labute approximate surface area is 191 Å². The molecule has 1 aliphatic rings. The van der Waals surface area contributed by atoms with Crippen molar-refractivity contribution in [1.29, 1.82) is 0 Å². The summed E-state index contributed by atoms with van der Waals surface area (Å²) in [6.45, 7) is 7.23. The van der Waals surface area contributed by atoms with E-state index >= 15 is 0 Å². The monoisotopic (exact) mass is 443 g/mol. The first-order chi connectivity index (χ1) is 14.9. The maximum absolute atomic E-state index is 2.41. The molecule has 0 unspecified atom stereocenters. The predicted molar refractivity (Wildman–Crippen MR) is 143 cm³/mol. The fourth-order valence-electron chi connectivity index (χ4n) is 5.15. The van der Waals surface area contributed by atoms with Crippen molar-refractivity contribution >= 4 is 56.1 Å². The van der Waals surface area contributed by atoms with Gasteiger partial charge in [-0.25, -0.2) is 0 Å². The summed E-state index contributed by atoms with van der Waals surface area (Å²) in [6, 6.07) is 23.1. The molecule has 3 heteroatoms. The quantitative estimate of drug-likeness (QED) is 0.286. The van der Waals surface area contributed by atoms with E-state index in [0.29, 0.717) is 0 Å². The highest BCUT2D eigenvalue weighted by molar-refractivity contribution is 7.26. The van der Waals surface area contributed by atoms with Crippen LogP contribution in [0.4, 0.5) is 11.4 Å². The molecule has 31 heavy (non-hydrogen) atoms. The van der Waals surface area contributed by atoms with Gasteiger partial charge in [0, 0.05) is 28.2 Å². The number of benzene rings is 3. The minimum Gasteiger partial charge on any atom is -0.343 e. The summed E-state index contributed by atoms with van der Waals surface area (Å²) in [5.74, 6) is 0.737. The second-order valence-electron chi connectivity index (χ2n) is 10.2. The van der Waals surface area contributed by atoms with Crippen LogP contribution in [0.1, 0.15) is 43.6 Å². The number of fused-ring (bicyclic) bond motifs is 3. The van der Waals surface area contributed by atoms with Crippen LogP contribution in [-0.2, 0) is 0 Å². The molecule has 1 aromatic heterocycles. The molecule has 0 spiro atoms. The Morgan fingerprint density at radius 2 is 1.42 bits per heavy atom. The van der Waals surface area contributed by atoms with Crippen LogP contribution in [0.3, 0.4) is 0 Å². The first kappa shape index (κ1) is 20.8. The third kappa shape index (κ3) is 3.83. The largest absolute Gasteiger partial charge is 0.343 e. The van der Waals surface area contributed by atoms with Crippen LogP contribution in [0.25, 0.3) is 20.2 Å². The van der Waals surface area contributed by atoms with Crippen LogP contribution < -0.4 is 10.1 Å². The molecule has 0 radical (unpaired) electrons. The molecule has 1 aliphatic carbocycles. The van der Waals surface area contributed by atoms with Gasteiger partial charge in [-0.15, -0.1) is 11.3 Å². The number of nitrogens with zero attached hydrogens (tertiary/aromatic N) is 1. The van der Waals surface area contributed by atoms with Crippen molar-refractivity contribution < 1.29 is 0 Å². The fraction of sp³-hybridized carbons (Fsp3) is 0.357. The molecule has 4 aromatic rings. The Kier molecular flexibility index (Phi) is 5.43. The van der Waals surface area contributed by atoms with Crippen LogP contribution in [0.2, 0.25) is 19.6 Å². The van der Waals surface area contributed by atoms with Gasteiger partial charge in [0.25, 0.3) is 0 Å². The summed E-state index contributed by atoms with van der Waals surface area (Å²) in [4.78, 5) is 2.37. The minimum absolute atomic E-state index is 0.737. The maximum Gasteiger partial charge on any atom is 0.0775 e. The molecule has 1 saturated carbocycles. The highest BCUT2D eigenvalue weighted by Gasteiger charge is 2.21. The first-order valence-corrected chi connectivity index (χ1v) is 16.0. The Bertz CT molecular complexity index is 1210. The predicted octanol–water partition coefficient (Wildman–Crippen LogP) is 8.42. The summed E-state index contributed by atoms with van der Waals surface area (Å²) >= 11 is 2.00. The number of anilines is 2. The van der Waals surface area contributed by atoms with Gasteiger partial charge in [0.2, 0.25) is 0 Å². The van der Waals surface area contributed by atoms with Crippen molar-refractivity contribution in [2.45, 2.75) is 57.7 Å². The van der Waals surface area contributed by atoms with Gasteiger partial charge in [-0.3, -0.25) is 0 Å². The highest BCUT2D eigenvalue weighted by Crippen LogP contribution is 2.45. The lowest BCUT2D eigenvalue weighted by atomic mass is 9.84. The molecule has 0 aliphatic heterocycles. The van der Waals surface area contributed by atoms with Crippen LogP contribution in [0.15, 0.2) is 60.7 Å². The molecule has 160 valence electrons. The van der Waals surface area contributed by atoms with E-state index in [1.54, 1.807) is 5.56 Å². The molecule has 1 fully saturated rings. The maximum atomic E-state index is 2.41.